The first-order valence-electron chi connectivity index (χ1n) is 6.92. The van der Waals surface area contributed by atoms with Crippen LogP contribution in [0.25, 0.3) is 0 Å². The largest absolute Gasteiger partial charge is 0.380 e. The Balaban J connectivity index is 2.93. The molecule has 1 unspecified atom stereocenters. The topological polar surface area (TPSA) is 93.5 Å². The monoisotopic (exact) mass is 295 g/mol. The molecule has 1 aromatic rings. The van der Waals surface area contributed by atoms with Gasteiger partial charge in [0.1, 0.15) is 11.3 Å². The van der Waals surface area contributed by atoms with Gasteiger partial charge in [-0.25, -0.2) is 0 Å². The zero-order chi connectivity index (χ0) is 15.8. The fourth-order valence-electron chi connectivity index (χ4n) is 1.93. The quantitative estimate of drug-likeness (QED) is 0.566. The molecule has 1 amide bonds. The van der Waals surface area contributed by atoms with Crippen LogP contribution in [-0.2, 0) is 4.74 Å². The molecule has 0 saturated carbocycles. The van der Waals surface area contributed by atoms with E-state index in [4.69, 9.17) is 4.74 Å². The lowest BCUT2D eigenvalue weighted by molar-refractivity contribution is -0.384. The highest BCUT2D eigenvalue weighted by Crippen LogP contribution is 2.28. The van der Waals surface area contributed by atoms with Crippen molar-refractivity contribution < 1.29 is 14.5 Å². The second-order valence-electron chi connectivity index (χ2n) is 4.47. The normalized spacial score (nSPS) is 11.8. The third-order valence-corrected chi connectivity index (χ3v) is 2.83. The first kappa shape index (κ1) is 16.9. The van der Waals surface area contributed by atoms with Gasteiger partial charge in [-0.15, -0.1) is 0 Å². The van der Waals surface area contributed by atoms with Crippen molar-refractivity contribution in [2.75, 3.05) is 25.0 Å². The van der Waals surface area contributed by atoms with E-state index in [1.54, 1.807) is 12.1 Å². The average molecular weight is 295 g/mol. The highest BCUT2D eigenvalue weighted by molar-refractivity contribution is 6.00. The lowest BCUT2D eigenvalue weighted by Crippen LogP contribution is -2.32. The van der Waals surface area contributed by atoms with Crippen LogP contribution in [-0.4, -0.2) is 36.6 Å². The molecule has 7 heteroatoms. The van der Waals surface area contributed by atoms with Crippen LogP contribution in [0.3, 0.4) is 0 Å². The van der Waals surface area contributed by atoms with Crippen molar-refractivity contribution in [2.24, 2.45) is 0 Å². The summed E-state index contributed by atoms with van der Waals surface area (Å²) < 4.78 is 5.31. The molecule has 0 aliphatic rings. The minimum atomic E-state index is -0.543. The van der Waals surface area contributed by atoms with E-state index >= 15 is 0 Å². The van der Waals surface area contributed by atoms with Gasteiger partial charge in [-0.1, -0.05) is 6.07 Å². The van der Waals surface area contributed by atoms with Crippen molar-refractivity contribution in [1.29, 1.82) is 0 Å². The summed E-state index contributed by atoms with van der Waals surface area (Å²) in [6.07, 6.45) is -0.144. The molecule has 0 spiro atoms. The molecule has 0 saturated heterocycles. The highest BCUT2D eigenvalue weighted by atomic mass is 16.6. The zero-order valence-electron chi connectivity index (χ0n) is 12.5. The molecule has 2 N–H and O–H groups in total. The summed E-state index contributed by atoms with van der Waals surface area (Å²) in [6.45, 7) is 6.91. The minimum absolute atomic E-state index is 0.0437. The second-order valence-corrected chi connectivity index (χ2v) is 4.47. The van der Waals surface area contributed by atoms with E-state index in [0.717, 1.165) is 0 Å². The van der Waals surface area contributed by atoms with Gasteiger partial charge in [0.05, 0.1) is 11.0 Å². The number of hydrogen-bond acceptors (Lipinski definition) is 5. The Morgan fingerprint density at radius 1 is 1.43 bits per heavy atom. The molecular formula is C14H21N3O4. The number of nitro groups is 1. The number of carbonyl (C=O) groups excluding carboxylic acids is 1. The molecule has 21 heavy (non-hydrogen) atoms. The molecular weight excluding hydrogens is 274 g/mol. The Kier molecular flexibility index (Phi) is 6.61. The summed E-state index contributed by atoms with van der Waals surface area (Å²) in [5.74, 6) is -0.479. The van der Waals surface area contributed by atoms with Crippen molar-refractivity contribution in [3.8, 4) is 0 Å². The standard InChI is InChI=1S/C14H21N3O4/c1-4-15-12-8-6-7-11(13(12)17(19)20)14(18)16-9-10(3)21-5-2/h6-8,10,15H,4-5,9H2,1-3H3,(H,16,18). The Morgan fingerprint density at radius 3 is 2.71 bits per heavy atom. The summed E-state index contributed by atoms with van der Waals surface area (Å²) in [5.41, 5.74) is 0.177. The summed E-state index contributed by atoms with van der Waals surface area (Å²) in [5, 5.41) is 16.8. The molecule has 1 rings (SSSR count). The number of nitrogens with zero attached hydrogens (tertiary/aromatic N) is 1. The SMILES string of the molecule is CCNc1cccc(C(=O)NCC(C)OCC)c1[N+](=O)[O-]. The molecule has 0 heterocycles. The third kappa shape index (κ3) is 4.71. The fraction of sp³-hybridized carbons (Fsp3) is 0.500. The van der Waals surface area contributed by atoms with Gasteiger partial charge >= 0.3 is 5.69 Å². The molecule has 0 aliphatic carbocycles. The van der Waals surface area contributed by atoms with Gasteiger partial charge in [0.15, 0.2) is 0 Å². The summed E-state index contributed by atoms with van der Waals surface area (Å²) in [7, 11) is 0. The molecule has 1 atom stereocenters. The van der Waals surface area contributed by atoms with Crippen LogP contribution in [0.1, 0.15) is 31.1 Å². The van der Waals surface area contributed by atoms with E-state index < -0.39 is 10.8 Å². The van der Waals surface area contributed by atoms with Gasteiger partial charge in [-0.05, 0) is 32.9 Å². The first-order valence-corrected chi connectivity index (χ1v) is 6.92. The summed E-state index contributed by atoms with van der Waals surface area (Å²) in [4.78, 5) is 22.8. The maximum absolute atomic E-state index is 12.1. The Labute approximate surface area is 123 Å². The molecule has 0 aromatic heterocycles. The number of nitro benzene ring substituents is 1. The zero-order valence-corrected chi connectivity index (χ0v) is 12.5. The molecule has 7 nitrogen and oxygen atoms in total. The lowest BCUT2D eigenvalue weighted by Gasteiger charge is -2.13. The Hall–Kier alpha value is -2.15. The van der Waals surface area contributed by atoms with E-state index in [2.05, 4.69) is 10.6 Å². The van der Waals surface area contributed by atoms with Crippen molar-refractivity contribution in [2.45, 2.75) is 26.9 Å². The number of hydrogen-bond donors (Lipinski definition) is 2. The molecule has 0 radical (unpaired) electrons. The highest BCUT2D eigenvalue weighted by Gasteiger charge is 2.24. The van der Waals surface area contributed by atoms with E-state index in [-0.39, 0.29) is 17.4 Å². The van der Waals surface area contributed by atoms with E-state index in [9.17, 15) is 14.9 Å². The Morgan fingerprint density at radius 2 is 2.14 bits per heavy atom. The van der Waals surface area contributed by atoms with Gasteiger partial charge in [-0.2, -0.15) is 0 Å². The molecule has 0 bridgehead atoms. The lowest BCUT2D eigenvalue weighted by atomic mass is 10.1. The van der Waals surface area contributed by atoms with Crippen LogP contribution >= 0.6 is 0 Å². The number of rotatable bonds is 8. The number of nitrogens with one attached hydrogen (secondary N) is 2. The van der Waals surface area contributed by atoms with Crippen LogP contribution in [0.2, 0.25) is 0 Å². The van der Waals surface area contributed by atoms with E-state index in [1.807, 2.05) is 20.8 Å². The number of ether oxygens (including phenoxy) is 1. The van der Waals surface area contributed by atoms with Crippen LogP contribution in [0, 0.1) is 10.1 Å². The van der Waals surface area contributed by atoms with Gasteiger partial charge in [0.25, 0.3) is 5.91 Å². The molecule has 0 aliphatic heterocycles. The van der Waals surface area contributed by atoms with Gasteiger partial charge < -0.3 is 15.4 Å². The molecule has 1 aromatic carbocycles. The van der Waals surface area contributed by atoms with Crippen molar-refractivity contribution in [3.05, 3.63) is 33.9 Å². The van der Waals surface area contributed by atoms with Crippen LogP contribution in [0.15, 0.2) is 18.2 Å². The Bertz CT molecular complexity index is 505. The van der Waals surface area contributed by atoms with Crippen molar-refractivity contribution in [3.63, 3.8) is 0 Å². The van der Waals surface area contributed by atoms with Gasteiger partial charge in [0, 0.05) is 19.7 Å². The second kappa shape index (κ2) is 8.21. The summed E-state index contributed by atoms with van der Waals surface area (Å²) in [6, 6.07) is 4.65. The number of carbonyl (C=O) groups is 1. The van der Waals surface area contributed by atoms with Crippen LogP contribution in [0.4, 0.5) is 11.4 Å². The van der Waals surface area contributed by atoms with Gasteiger partial charge in [0.2, 0.25) is 0 Å². The van der Waals surface area contributed by atoms with Crippen LogP contribution in [0.5, 0.6) is 0 Å². The smallest absolute Gasteiger partial charge is 0.305 e. The predicted molar refractivity (Wildman–Crippen MR) is 80.7 cm³/mol. The minimum Gasteiger partial charge on any atom is -0.380 e. The number of amides is 1. The third-order valence-electron chi connectivity index (χ3n) is 2.83. The average Bonchev–Trinajstić information content (AvgIpc) is 2.45. The van der Waals surface area contributed by atoms with E-state index in [1.165, 1.54) is 6.07 Å². The molecule has 0 fully saturated rings. The maximum atomic E-state index is 12.1. The maximum Gasteiger partial charge on any atom is 0.305 e. The van der Waals surface area contributed by atoms with Crippen molar-refractivity contribution >= 4 is 17.3 Å². The van der Waals surface area contributed by atoms with Crippen LogP contribution < -0.4 is 10.6 Å². The van der Waals surface area contributed by atoms with Crippen molar-refractivity contribution in [1.82, 2.24) is 5.32 Å². The van der Waals surface area contributed by atoms with Gasteiger partial charge in [-0.3, -0.25) is 14.9 Å². The summed E-state index contributed by atoms with van der Waals surface area (Å²) >= 11 is 0. The predicted octanol–water partition coefficient (Wildman–Crippen LogP) is 2.18. The fourth-order valence-corrected chi connectivity index (χ4v) is 1.93. The number of anilines is 1. The number of benzene rings is 1. The number of para-hydroxylation sites is 1. The first-order chi connectivity index (χ1) is 10.0. The van der Waals surface area contributed by atoms with E-state index in [0.29, 0.717) is 25.4 Å². The molecule has 116 valence electrons.